The van der Waals surface area contributed by atoms with Crippen LogP contribution in [0.1, 0.15) is 17.5 Å². The fourth-order valence-corrected chi connectivity index (χ4v) is 3.21. The summed E-state index contributed by atoms with van der Waals surface area (Å²) >= 11 is 3.43. The molecule has 2 N–H and O–H groups in total. The van der Waals surface area contributed by atoms with Gasteiger partial charge in [-0.2, -0.15) is 0 Å². The number of amides is 1. The Bertz CT molecular complexity index is 828. The van der Waals surface area contributed by atoms with Crippen molar-refractivity contribution < 1.29 is 9.53 Å². The number of methoxy groups -OCH3 is 1. The van der Waals surface area contributed by atoms with Crippen LogP contribution < -0.4 is 15.4 Å². The summed E-state index contributed by atoms with van der Waals surface area (Å²) in [4.78, 5) is 18.5. The summed E-state index contributed by atoms with van der Waals surface area (Å²) in [6.45, 7) is 3.17. The summed E-state index contributed by atoms with van der Waals surface area (Å²) in [6, 6.07) is 13.7. The lowest BCUT2D eigenvalue weighted by molar-refractivity contribution is -0.116. The van der Waals surface area contributed by atoms with Crippen LogP contribution in [0.5, 0.6) is 5.75 Å². The van der Waals surface area contributed by atoms with Crippen molar-refractivity contribution in [1.82, 2.24) is 10.2 Å². The standard InChI is InChI=1S/C21H27BrN4O2.HI/c1-15-13-17(22)7-10-19(15)25-20(27)11-12-24-21(23-2)26(3)14-16-5-8-18(28-4)9-6-16;/h5-10,13H,11-12,14H2,1-4H3,(H,23,24)(H,25,27);1H. The number of aryl methyl sites for hydroxylation is 1. The molecule has 0 radical (unpaired) electrons. The van der Waals surface area contributed by atoms with E-state index in [1.165, 1.54) is 0 Å². The molecule has 0 atom stereocenters. The molecule has 2 aromatic rings. The lowest BCUT2D eigenvalue weighted by atomic mass is 10.2. The second kappa shape index (κ2) is 12.7. The Balaban J connectivity index is 0.00000420. The zero-order chi connectivity index (χ0) is 20.5. The van der Waals surface area contributed by atoms with Crippen LogP contribution in [-0.4, -0.2) is 44.5 Å². The molecule has 2 aromatic carbocycles. The third-order valence-corrected chi connectivity index (χ3v) is 4.74. The van der Waals surface area contributed by atoms with E-state index < -0.39 is 0 Å². The quantitative estimate of drug-likeness (QED) is 0.292. The number of anilines is 1. The van der Waals surface area contributed by atoms with E-state index in [-0.39, 0.29) is 29.9 Å². The maximum Gasteiger partial charge on any atom is 0.226 e. The number of ether oxygens (including phenoxy) is 1. The van der Waals surface area contributed by atoms with E-state index in [0.29, 0.717) is 19.5 Å². The van der Waals surface area contributed by atoms with Crippen molar-refractivity contribution in [2.75, 3.05) is 33.1 Å². The smallest absolute Gasteiger partial charge is 0.226 e. The molecule has 0 aliphatic rings. The number of nitrogens with zero attached hydrogens (tertiary/aromatic N) is 2. The van der Waals surface area contributed by atoms with Crippen molar-refractivity contribution in [2.45, 2.75) is 19.9 Å². The molecule has 2 rings (SSSR count). The van der Waals surface area contributed by atoms with Crippen LogP contribution in [0.4, 0.5) is 5.69 Å². The molecule has 0 aromatic heterocycles. The van der Waals surface area contributed by atoms with Gasteiger partial charge in [-0.05, 0) is 48.4 Å². The highest BCUT2D eigenvalue weighted by Crippen LogP contribution is 2.20. The molecule has 0 heterocycles. The Morgan fingerprint density at radius 2 is 1.90 bits per heavy atom. The van der Waals surface area contributed by atoms with Crippen LogP contribution in [0, 0.1) is 6.92 Å². The largest absolute Gasteiger partial charge is 0.497 e. The molecule has 0 aliphatic heterocycles. The van der Waals surface area contributed by atoms with E-state index in [2.05, 4.69) is 31.6 Å². The SMILES string of the molecule is CN=C(NCCC(=O)Nc1ccc(Br)cc1C)N(C)Cc1ccc(OC)cc1.I. The number of carbonyl (C=O) groups is 1. The van der Waals surface area contributed by atoms with Gasteiger partial charge in [-0.3, -0.25) is 9.79 Å². The molecule has 1 amide bonds. The number of rotatable bonds is 7. The van der Waals surface area contributed by atoms with E-state index in [1.807, 2.05) is 61.3 Å². The maximum atomic E-state index is 12.2. The van der Waals surface area contributed by atoms with Crippen LogP contribution in [-0.2, 0) is 11.3 Å². The lowest BCUT2D eigenvalue weighted by Crippen LogP contribution is -2.39. The molecule has 0 bridgehead atoms. The molecule has 0 saturated carbocycles. The molecule has 0 spiro atoms. The van der Waals surface area contributed by atoms with Crippen LogP contribution >= 0.6 is 39.9 Å². The first-order valence-corrected chi connectivity index (χ1v) is 9.83. The average molecular weight is 575 g/mol. The first-order valence-electron chi connectivity index (χ1n) is 9.03. The number of benzene rings is 2. The monoisotopic (exact) mass is 574 g/mol. The van der Waals surface area contributed by atoms with Crippen molar-refractivity contribution in [2.24, 2.45) is 4.99 Å². The van der Waals surface area contributed by atoms with Gasteiger partial charge in [-0.1, -0.05) is 28.1 Å². The Morgan fingerprint density at radius 3 is 2.48 bits per heavy atom. The van der Waals surface area contributed by atoms with Gasteiger partial charge >= 0.3 is 0 Å². The topological polar surface area (TPSA) is 66.0 Å². The minimum atomic E-state index is -0.0359. The second-order valence-corrected chi connectivity index (χ2v) is 7.35. The third kappa shape index (κ3) is 8.22. The summed E-state index contributed by atoms with van der Waals surface area (Å²) in [6.07, 6.45) is 0.352. The first-order chi connectivity index (χ1) is 13.4. The number of guanidine groups is 1. The zero-order valence-electron chi connectivity index (χ0n) is 17.2. The van der Waals surface area contributed by atoms with Crippen molar-refractivity contribution in [3.63, 3.8) is 0 Å². The molecule has 8 heteroatoms. The van der Waals surface area contributed by atoms with Gasteiger partial charge in [0.25, 0.3) is 0 Å². The number of nitrogens with one attached hydrogen (secondary N) is 2. The summed E-state index contributed by atoms with van der Waals surface area (Å²) in [7, 11) is 5.35. The molecule has 158 valence electrons. The summed E-state index contributed by atoms with van der Waals surface area (Å²) in [5.74, 6) is 1.54. The number of carbonyl (C=O) groups excluding carboxylic acids is 1. The van der Waals surface area contributed by atoms with Crippen LogP contribution in [0.3, 0.4) is 0 Å². The molecular weight excluding hydrogens is 547 g/mol. The predicted octanol–water partition coefficient (Wildman–Crippen LogP) is 4.42. The van der Waals surface area contributed by atoms with Crippen molar-refractivity contribution in [3.8, 4) is 5.75 Å². The van der Waals surface area contributed by atoms with Gasteiger partial charge < -0.3 is 20.3 Å². The van der Waals surface area contributed by atoms with Gasteiger partial charge in [-0.25, -0.2) is 0 Å². The van der Waals surface area contributed by atoms with E-state index >= 15 is 0 Å². The maximum absolute atomic E-state index is 12.2. The third-order valence-electron chi connectivity index (χ3n) is 4.25. The number of aliphatic imine (C=N–C) groups is 1. The predicted molar refractivity (Wildman–Crippen MR) is 133 cm³/mol. The Hall–Kier alpha value is -1.81. The van der Waals surface area contributed by atoms with Gasteiger partial charge in [0.1, 0.15) is 5.75 Å². The molecule has 6 nitrogen and oxygen atoms in total. The molecular formula is C21H28BrIN4O2. The average Bonchev–Trinajstić information content (AvgIpc) is 2.68. The highest BCUT2D eigenvalue weighted by atomic mass is 127. The Morgan fingerprint density at radius 1 is 1.21 bits per heavy atom. The van der Waals surface area contributed by atoms with Crippen molar-refractivity contribution in [3.05, 3.63) is 58.1 Å². The molecule has 0 saturated heterocycles. The molecule has 0 aliphatic carbocycles. The second-order valence-electron chi connectivity index (χ2n) is 6.44. The van der Waals surface area contributed by atoms with E-state index in [0.717, 1.165) is 33.0 Å². The zero-order valence-corrected chi connectivity index (χ0v) is 21.1. The number of hydrogen-bond acceptors (Lipinski definition) is 3. The summed E-state index contributed by atoms with van der Waals surface area (Å²) in [5, 5.41) is 6.18. The van der Waals surface area contributed by atoms with Crippen LogP contribution in [0.15, 0.2) is 51.9 Å². The Labute approximate surface area is 198 Å². The van der Waals surface area contributed by atoms with Gasteiger partial charge in [0.2, 0.25) is 5.91 Å². The highest BCUT2D eigenvalue weighted by molar-refractivity contribution is 14.0. The van der Waals surface area contributed by atoms with Gasteiger partial charge in [-0.15, -0.1) is 24.0 Å². The van der Waals surface area contributed by atoms with Crippen LogP contribution in [0.2, 0.25) is 0 Å². The minimum Gasteiger partial charge on any atom is -0.497 e. The van der Waals surface area contributed by atoms with Gasteiger partial charge in [0.05, 0.1) is 7.11 Å². The van der Waals surface area contributed by atoms with Crippen LogP contribution in [0.25, 0.3) is 0 Å². The summed E-state index contributed by atoms with van der Waals surface area (Å²) in [5.41, 5.74) is 3.00. The first kappa shape index (κ1) is 25.2. The summed E-state index contributed by atoms with van der Waals surface area (Å²) < 4.78 is 6.18. The molecule has 29 heavy (non-hydrogen) atoms. The molecule has 0 unspecified atom stereocenters. The van der Waals surface area contributed by atoms with Crippen molar-refractivity contribution >= 4 is 57.5 Å². The van der Waals surface area contributed by atoms with E-state index in [4.69, 9.17) is 4.74 Å². The number of halogens is 2. The van der Waals surface area contributed by atoms with E-state index in [1.54, 1.807) is 14.2 Å². The fourth-order valence-electron chi connectivity index (χ4n) is 2.73. The molecule has 0 fully saturated rings. The van der Waals surface area contributed by atoms with Gasteiger partial charge in [0.15, 0.2) is 5.96 Å². The van der Waals surface area contributed by atoms with Crippen molar-refractivity contribution in [1.29, 1.82) is 0 Å². The highest BCUT2D eigenvalue weighted by Gasteiger charge is 2.09. The number of hydrogen-bond donors (Lipinski definition) is 2. The minimum absolute atomic E-state index is 0. The fraction of sp³-hybridized carbons (Fsp3) is 0.333. The Kier molecular flexibility index (Phi) is 11.0. The normalized spacial score (nSPS) is 10.7. The lowest BCUT2D eigenvalue weighted by Gasteiger charge is -2.22. The van der Waals surface area contributed by atoms with E-state index in [9.17, 15) is 4.79 Å². The van der Waals surface area contributed by atoms with Gasteiger partial charge in [0, 0.05) is 43.8 Å².